The first-order valence-electron chi connectivity index (χ1n) is 10.1. The van der Waals surface area contributed by atoms with Crippen LogP contribution in [-0.4, -0.2) is 30.9 Å². The second-order valence-electron chi connectivity index (χ2n) is 9.29. The molecule has 2 aromatic heterocycles. The number of fused-ring (bicyclic) bond motifs is 2. The summed E-state index contributed by atoms with van der Waals surface area (Å²) in [7, 11) is 0. The molecule has 1 aliphatic carbocycles. The van der Waals surface area contributed by atoms with Crippen molar-refractivity contribution < 1.29 is 4.42 Å². The molecule has 0 aliphatic heterocycles. The Morgan fingerprint density at radius 1 is 0.931 bits per heavy atom. The van der Waals surface area contributed by atoms with Crippen molar-refractivity contribution >= 4 is 35.7 Å². The minimum absolute atomic E-state index is 0.190. The van der Waals surface area contributed by atoms with Gasteiger partial charge in [-0.25, -0.2) is 0 Å². The summed E-state index contributed by atoms with van der Waals surface area (Å²) in [5.41, 5.74) is 5.52. The van der Waals surface area contributed by atoms with Crippen LogP contribution in [-0.2, 0) is 10.8 Å². The molecular weight excluding hydrogens is 421 g/mol. The number of hydrogen-bond acceptors (Lipinski definition) is 3. The fourth-order valence-electron chi connectivity index (χ4n) is 4.30. The van der Waals surface area contributed by atoms with Crippen molar-refractivity contribution in [2.45, 2.75) is 51.4 Å². The number of H-pyrrole nitrogens is 1. The van der Waals surface area contributed by atoms with E-state index in [0.29, 0.717) is 0 Å². The van der Waals surface area contributed by atoms with Crippen LogP contribution in [0.2, 0.25) is 0 Å². The maximum atomic E-state index is 6.19. The van der Waals surface area contributed by atoms with Crippen LogP contribution in [0.5, 0.6) is 0 Å². The summed E-state index contributed by atoms with van der Waals surface area (Å²) in [4.78, 5) is 4.58. The van der Waals surface area contributed by atoms with E-state index < -0.39 is 0 Å². The summed E-state index contributed by atoms with van der Waals surface area (Å²) in [6.07, 6.45) is 6.17. The van der Waals surface area contributed by atoms with Gasteiger partial charge in [0.2, 0.25) is 0 Å². The molecule has 5 rings (SSSR count). The Kier molecular flexibility index (Phi) is 4.25. The van der Waals surface area contributed by atoms with Gasteiger partial charge in [-0.3, -0.25) is 0 Å². The molecule has 0 saturated heterocycles. The Bertz CT molecular complexity index is 1200. The zero-order chi connectivity index (χ0) is 20.2. The molecule has 2 aromatic carbocycles. The third kappa shape index (κ3) is 3.34. The standard InChI is InChI=1S/C24H25AsN3O/c1-23(2)9-10-24(3,4)19-12-15(5-7-18(19)23)21-14-26-22(29-21)25-17-6-8-20-16(11-17)13-27-28-20/h5-8,11-14H,9-10H2,1-4H3,(H,27,28). The molecular formula is C24H25AsN3O. The average Bonchev–Trinajstić information content (AvgIpc) is 3.34. The molecule has 0 bridgehead atoms. The van der Waals surface area contributed by atoms with Crippen LogP contribution in [0.4, 0.5) is 0 Å². The Hall–Kier alpha value is -2.32. The van der Waals surface area contributed by atoms with Crippen molar-refractivity contribution in [3.8, 4) is 11.3 Å². The SMILES string of the molecule is CC1(C)CCC(C)(C)c2cc(-c3cnc([As]c4ccc5[nH]ncc5c4)o3)ccc21. The molecule has 2 heterocycles. The van der Waals surface area contributed by atoms with Gasteiger partial charge in [-0.2, -0.15) is 0 Å². The summed E-state index contributed by atoms with van der Waals surface area (Å²) < 4.78 is 8.28. The minimum atomic E-state index is -0.295. The molecule has 4 nitrogen and oxygen atoms in total. The number of oxazole rings is 1. The number of nitrogens with one attached hydrogen (secondary N) is 1. The second-order valence-corrected chi connectivity index (χ2v) is 11.6. The van der Waals surface area contributed by atoms with Crippen LogP contribution < -0.4 is 9.03 Å². The Labute approximate surface area is 177 Å². The van der Waals surface area contributed by atoms with E-state index in [-0.39, 0.29) is 26.6 Å². The van der Waals surface area contributed by atoms with Gasteiger partial charge in [-0.15, -0.1) is 0 Å². The summed E-state index contributed by atoms with van der Waals surface area (Å²) in [6, 6.07) is 13.2. The first kappa shape index (κ1) is 18.7. The van der Waals surface area contributed by atoms with E-state index >= 15 is 0 Å². The number of rotatable bonds is 3. The van der Waals surface area contributed by atoms with E-state index in [1.165, 1.54) is 28.3 Å². The predicted molar refractivity (Wildman–Crippen MR) is 118 cm³/mol. The monoisotopic (exact) mass is 446 g/mol. The van der Waals surface area contributed by atoms with Crippen molar-refractivity contribution in [3.63, 3.8) is 0 Å². The summed E-state index contributed by atoms with van der Waals surface area (Å²) >= 11 is -0.295. The molecule has 0 unspecified atom stereocenters. The van der Waals surface area contributed by atoms with E-state index in [4.69, 9.17) is 4.42 Å². The van der Waals surface area contributed by atoms with Gasteiger partial charge in [0.05, 0.1) is 0 Å². The predicted octanol–water partition coefficient (Wildman–Crippen LogP) is 4.22. The van der Waals surface area contributed by atoms with Gasteiger partial charge in [0, 0.05) is 0 Å². The molecule has 0 spiro atoms. The van der Waals surface area contributed by atoms with Crippen molar-refractivity contribution in [3.05, 3.63) is 59.9 Å². The molecule has 4 aromatic rings. The van der Waals surface area contributed by atoms with Crippen molar-refractivity contribution in [1.29, 1.82) is 0 Å². The molecule has 29 heavy (non-hydrogen) atoms. The number of aromatic amines is 1. The number of aromatic nitrogens is 3. The Morgan fingerprint density at radius 3 is 2.55 bits per heavy atom. The third-order valence-corrected chi connectivity index (χ3v) is 8.24. The molecule has 0 atom stereocenters. The van der Waals surface area contributed by atoms with Gasteiger partial charge in [-0.05, 0) is 0 Å². The van der Waals surface area contributed by atoms with E-state index in [1.54, 1.807) is 0 Å². The van der Waals surface area contributed by atoms with Gasteiger partial charge >= 0.3 is 178 Å². The van der Waals surface area contributed by atoms with Crippen molar-refractivity contribution in [2.75, 3.05) is 0 Å². The van der Waals surface area contributed by atoms with E-state index in [9.17, 15) is 0 Å². The summed E-state index contributed by atoms with van der Waals surface area (Å²) in [6.45, 7) is 9.42. The Balaban J connectivity index is 1.46. The molecule has 1 aliphatic rings. The maximum absolute atomic E-state index is 6.19. The van der Waals surface area contributed by atoms with Crippen LogP contribution >= 0.6 is 0 Å². The zero-order valence-corrected chi connectivity index (χ0v) is 19.2. The summed E-state index contributed by atoms with van der Waals surface area (Å²) in [5, 5.41) is 8.22. The zero-order valence-electron chi connectivity index (χ0n) is 17.3. The first-order chi connectivity index (χ1) is 13.8. The average molecular weight is 446 g/mol. The molecule has 1 radical (unpaired) electrons. The fourth-order valence-corrected chi connectivity index (χ4v) is 6.05. The van der Waals surface area contributed by atoms with Gasteiger partial charge < -0.3 is 0 Å². The van der Waals surface area contributed by atoms with Gasteiger partial charge in [0.15, 0.2) is 0 Å². The van der Waals surface area contributed by atoms with Crippen LogP contribution in [0.15, 0.2) is 53.2 Å². The van der Waals surface area contributed by atoms with E-state index in [2.05, 4.69) is 79.3 Å². The summed E-state index contributed by atoms with van der Waals surface area (Å²) in [5.74, 6) is 0.863. The number of benzene rings is 2. The van der Waals surface area contributed by atoms with E-state index in [1.807, 2.05) is 12.4 Å². The third-order valence-electron chi connectivity index (χ3n) is 6.28. The fraction of sp³-hybridized carbons (Fsp3) is 0.333. The van der Waals surface area contributed by atoms with Crippen molar-refractivity contribution in [1.82, 2.24) is 15.2 Å². The van der Waals surface area contributed by atoms with E-state index in [0.717, 1.165) is 26.9 Å². The molecule has 147 valence electrons. The molecule has 0 fully saturated rings. The van der Waals surface area contributed by atoms with Crippen molar-refractivity contribution in [2.24, 2.45) is 0 Å². The van der Waals surface area contributed by atoms with Crippen LogP contribution in [0.3, 0.4) is 0 Å². The molecule has 0 saturated carbocycles. The van der Waals surface area contributed by atoms with Gasteiger partial charge in [-0.1, -0.05) is 0 Å². The van der Waals surface area contributed by atoms with Crippen LogP contribution in [0.25, 0.3) is 22.2 Å². The Morgan fingerprint density at radius 2 is 1.72 bits per heavy atom. The number of nitrogens with zero attached hydrogens (tertiary/aromatic N) is 2. The van der Waals surface area contributed by atoms with Gasteiger partial charge in [0.1, 0.15) is 0 Å². The normalized spacial score (nSPS) is 17.8. The second kappa shape index (κ2) is 6.60. The molecule has 0 amide bonds. The van der Waals surface area contributed by atoms with Crippen LogP contribution in [0, 0.1) is 0 Å². The first-order valence-corrected chi connectivity index (χ1v) is 12.0. The topological polar surface area (TPSA) is 54.7 Å². The van der Waals surface area contributed by atoms with Crippen LogP contribution in [0.1, 0.15) is 51.7 Å². The molecule has 5 heteroatoms. The molecule has 1 N–H and O–H groups in total. The van der Waals surface area contributed by atoms with Gasteiger partial charge in [0.25, 0.3) is 0 Å². The quantitative estimate of drug-likeness (QED) is 0.480. The number of hydrogen-bond donors (Lipinski definition) is 1.